The van der Waals surface area contributed by atoms with Gasteiger partial charge in [0.1, 0.15) is 5.82 Å². The Balaban J connectivity index is 1.89. The van der Waals surface area contributed by atoms with Crippen molar-refractivity contribution in [3.63, 3.8) is 0 Å². The van der Waals surface area contributed by atoms with E-state index in [0.29, 0.717) is 6.04 Å². The first-order valence-corrected chi connectivity index (χ1v) is 7.27. The quantitative estimate of drug-likeness (QED) is 0.868. The highest BCUT2D eigenvalue weighted by Gasteiger charge is 2.39. The van der Waals surface area contributed by atoms with Gasteiger partial charge in [-0.2, -0.15) is 0 Å². The third-order valence-electron chi connectivity index (χ3n) is 4.39. The van der Waals surface area contributed by atoms with Gasteiger partial charge in [0.25, 0.3) is 0 Å². The van der Waals surface area contributed by atoms with Gasteiger partial charge in [-0.1, -0.05) is 36.6 Å². The first-order chi connectivity index (χ1) is 8.71. The van der Waals surface area contributed by atoms with Crippen molar-refractivity contribution in [3.8, 4) is 0 Å². The zero-order chi connectivity index (χ0) is 12.6. The summed E-state index contributed by atoms with van der Waals surface area (Å²) in [5.41, 5.74) is 0.790. The van der Waals surface area contributed by atoms with Crippen LogP contribution in [0.1, 0.15) is 44.1 Å². The summed E-state index contributed by atoms with van der Waals surface area (Å²) in [6, 6.07) is 6.10. The summed E-state index contributed by atoms with van der Waals surface area (Å²) in [4.78, 5) is 0. The first kappa shape index (κ1) is 12.4. The van der Waals surface area contributed by atoms with Crippen LogP contribution in [0.2, 0.25) is 5.02 Å². The lowest BCUT2D eigenvalue weighted by atomic mass is 9.78. The van der Waals surface area contributed by atoms with Crippen molar-refractivity contribution in [2.24, 2.45) is 0 Å². The number of hydrogen-bond acceptors (Lipinski definition) is 1. The van der Waals surface area contributed by atoms with Gasteiger partial charge >= 0.3 is 0 Å². The molecule has 0 saturated heterocycles. The minimum atomic E-state index is -0.210. The lowest BCUT2D eigenvalue weighted by Gasteiger charge is -2.30. The Bertz CT molecular complexity index is 436. The van der Waals surface area contributed by atoms with Crippen molar-refractivity contribution in [3.05, 3.63) is 34.6 Å². The number of benzene rings is 1. The first-order valence-electron chi connectivity index (χ1n) is 6.89. The summed E-state index contributed by atoms with van der Waals surface area (Å²) < 4.78 is 14.3. The lowest BCUT2D eigenvalue weighted by Crippen LogP contribution is -2.37. The zero-order valence-electron chi connectivity index (χ0n) is 10.5. The van der Waals surface area contributed by atoms with Crippen molar-refractivity contribution in [1.82, 2.24) is 5.32 Å². The van der Waals surface area contributed by atoms with Gasteiger partial charge in [0.2, 0.25) is 0 Å². The standard InChI is InChI=1S/C15H19ClFN/c16-13-5-3-4-12(14(13)17)15(8-1-2-9-15)10-18-11-6-7-11/h3-5,11,18H,1-2,6-10H2. The van der Waals surface area contributed by atoms with Crippen LogP contribution in [0.5, 0.6) is 0 Å². The molecule has 0 heterocycles. The molecule has 2 aliphatic carbocycles. The third-order valence-corrected chi connectivity index (χ3v) is 4.68. The summed E-state index contributed by atoms with van der Waals surface area (Å²) in [5.74, 6) is -0.210. The second kappa shape index (κ2) is 4.82. The summed E-state index contributed by atoms with van der Waals surface area (Å²) in [6.45, 7) is 0.898. The van der Waals surface area contributed by atoms with Crippen LogP contribution in [0.3, 0.4) is 0 Å². The van der Waals surface area contributed by atoms with E-state index in [9.17, 15) is 4.39 Å². The van der Waals surface area contributed by atoms with Crippen molar-refractivity contribution in [1.29, 1.82) is 0 Å². The van der Waals surface area contributed by atoms with Crippen molar-refractivity contribution >= 4 is 11.6 Å². The molecule has 1 N–H and O–H groups in total. The van der Waals surface area contributed by atoms with Crippen molar-refractivity contribution in [2.75, 3.05) is 6.54 Å². The minimum Gasteiger partial charge on any atom is -0.313 e. The Morgan fingerprint density at radius 3 is 2.67 bits per heavy atom. The van der Waals surface area contributed by atoms with Crippen LogP contribution in [0.25, 0.3) is 0 Å². The van der Waals surface area contributed by atoms with E-state index in [1.165, 1.54) is 25.7 Å². The number of halogens is 2. The minimum absolute atomic E-state index is 0.0302. The van der Waals surface area contributed by atoms with Crippen LogP contribution in [0.4, 0.5) is 4.39 Å². The Morgan fingerprint density at radius 2 is 2.00 bits per heavy atom. The molecule has 0 aromatic heterocycles. The predicted octanol–water partition coefficient (Wildman–Crippen LogP) is 4.04. The molecule has 0 bridgehead atoms. The van der Waals surface area contributed by atoms with Crippen molar-refractivity contribution in [2.45, 2.75) is 50.0 Å². The van der Waals surface area contributed by atoms with Gasteiger partial charge in [-0.3, -0.25) is 0 Å². The van der Waals surface area contributed by atoms with Crippen molar-refractivity contribution < 1.29 is 4.39 Å². The van der Waals surface area contributed by atoms with Crippen LogP contribution >= 0.6 is 11.6 Å². The van der Waals surface area contributed by atoms with E-state index < -0.39 is 0 Å². The molecule has 3 rings (SSSR count). The molecule has 18 heavy (non-hydrogen) atoms. The Labute approximate surface area is 113 Å². The number of rotatable bonds is 4. The molecule has 1 aromatic rings. The highest BCUT2D eigenvalue weighted by molar-refractivity contribution is 6.30. The molecule has 1 aromatic carbocycles. The molecular weight excluding hydrogens is 249 g/mol. The molecule has 1 nitrogen and oxygen atoms in total. The largest absolute Gasteiger partial charge is 0.313 e. The Morgan fingerprint density at radius 1 is 1.28 bits per heavy atom. The molecule has 3 heteroatoms. The third kappa shape index (κ3) is 2.28. The van der Waals surface area contributed by atoms with E-state index in [1.807, 2.05) is 12.1 Å². The van der Waals surface area contributed by atoms with E-state index in [-0.39, 0.29) is 16.3 Å². The average Bonchev–Trinajstić information content (AvgIpc) is 3.09. The molecule has 0 radical (unpaired) electrons. The maximum absolute atomic E-state index is 14.3. The van der Waals surface area contributed by atoms with Crippen LogP contribution in [-0.2, 0) is 5.41 Å². The van der Waals surface area contributed by atoms with E-state index in [4.69, 9.17) is 11.6 Å². The van der Waals surface area contributed by atoms with E-state index in [2.05, 4.69) is 5.32 Å². The molecule has 98 valence electrons. The van der Waals surface area contributed by atoms with Gasteiger partial charge in [-0.15, -0.1) is 0 Å². The SMILES string of the molecule is Fc1c(Cl)cccc1C1(CNC2CC2)CCCC1. The average molecular weight is 268 g/mol. The second-order valence-corrected chi connectivity index (χ2v) is 6.15. The van der Waals surface area contributed by atoms with E-state index in [0.717, 1.165) is 24.9 Å². The van der Waals surface area contributed by atoms with Gasteiger partial charge in [0.05, 0.1) is 5.02 Å². The second-order valence-electron chi connectivity index (χ2n) is 5.74. The van der Waals surface area contributed by atoms with Crippen LogP contribution in [0.15, 0.2) is 18.2 Å². The molecule has 0 aliphatic heterocycles. The van der Waals surface area contributed by atoms with Gasteiger partial charge in [-0.05, 0) is 37.3 Å². The summed E-state index contributed by atoms with van der Waals surface area (Å²) in [6.07, 6.45) is 7.08. The van der Waals surface area contributed by atoms with Crippen LogP contribution in [-0.4, -0.2) is 12.6 Å². The Hall–Kier alpha value is -0.600. The molecule has 2 fully saturated rings. The maximum Gasteiger partial charge on any atom is 0.145 e. The summed E-state index contributed by atoms with van der Waals surface area (Å²) in [7, 11) is 0. The fourth-order valence-electron chi connectivity index (χ4n) is 3.13. The van der Waals surface area contributed by atoms with Crippen LogP contribution < -0.4 is 5.32 Å². The fraction of sp³-hybridized carbons (Fsp3) is 0.600. The molecule has 0 unspecified atom stereocenters. The summed E-state index contributed by atoms with van der Waals surface area (Å²) >= 11 is 5.93. The van der Waals surface area contributed by atoms with E-state index >= 15 is 0 Å². The lowest BCUT2D eigenvalue weighted by molar-refractivity contribution is 0.386. The van der Waals surface area contributed by atoms with E-state index in [1.54, 1.807) is 6.07 Å². The fourth-order valence-corrected chi connectivity index (χ4v) is 3.31. The van der Waals surface area contributed by atoms with Gasteiger partial charge in [-0.25, -0.2) is 4.39 Å². The predicted molar refractivity (Wildman–Crippen MR) is 72.6 cm³/mol. The van der Waals surface area contributed by atoms with Gasteiger partial charge < -0.3 is 5.32 Å². The normalized spacial score (nSPS) is 22.3. The molecule has 0 amide bonds. The number of hydrogen-bond donors (Lipinski definition) is 1. The highest BCUT2D eigenvalue weighted by Crippen LogP contribution is 2.43. The zero-order valence-corrected chi connectivity index (χ0v) is 11.3. The highest BCUT2D eigenvalue weighted by atomic mass is 35.5. The Kier molecular flexibility index (Phi) is 3.33. The number of nitrogens with one attached hydrogen (secondary N) is 1. The summed E-state index contributed by atoms with van der Waals surface area (Å²) in [5, 5.41) is 3.83. The molecule has 0 atom stereocenters. The molecule has 2 saturated carbocycles. The van der Waals surface area contributed by atoms with Gasteiger partial charge in [0, 0.05) is 18.0 Å². The van der Waals surface area contributed by atoms with Crippen LogP contribution in [0, 0.1) is 5.82 Å². The monoisotopic (exact) mass is 267 g/mol. The molecule has 0 spiro atoms. The topological polar surface area (TPSA) is 12.0 Å². The van der Waals surface area contributed by atoms with Gasteiger partial charge in [0.15, 0.2) is 0 Å². The molecular formula is C15H19ClFN. The maximum atomic E-state index is 14.3. The molecule has 2 aliphatic rings. The smallest absolute Gasteiger partial charge is 0.145 e.